The number of halogens is 3. The molecule has 0 aliphatic rings. The summed E-state index contributed by atoms with van der Waals surface area (Å²) in [6.07, 6.45) is -1.32. The first-order valence-corrected chi connectivity index (χ1v) is 7.83. The zero-order valence-corrected chi connectivity index (χ0v) is 12.8. The predicted molar refractivity (Wildman–Crippen MR) is 76.6 cm³/mol. The number of aryl methyl sites for hydroxylation is 1. The van der Waals surface area contributed by atoms with Gasteiger partial charge in [0, 0.05) is 30.2 Å². The zero-order chi connectivity index (χ0) is 16.3. The Balaban J connectivity index is 2.04. The lowest BCUT2D eigenvalue weighted by Gasteiger charge is -2.13. The molecule has 0 aliphatic carbocycles. The number of rotatable bonds is 5. The summed E-state index contributed by atoms with van der Waals surface area (Å²) >= 11 is 0. The van der Waals surface area contributed by atoms with Gasteiger partial charge in [0.25, 0.3) is 0 Å². The molecule has 22 heavy (non-hydrogen) atoms. The van der Waals surface area contributed by atoms with Gasteiger partial charge in [-0.15, -0.1) is 13.2 Å². The summed E-state index contributed by atoms with van der Waals surface area (Å²) in [5.41, 5.74) is 0.682. The van der Waals surface area contributed by atoms with Crippen LogP contribution in [0.1, 0.15) is 23.6 Å². The van der Waals surface area contributed by atoms with Crippen molar-refractivity contribution in [2.75, 3.05) is 0 Å². The van der Waals surface area contributed by atoms with Gasteiger partial charge < -0.3 is 9.30 Å². The fourth-order valence-corrected chi connectivity index (χ4v) is 3.12. The molecule has 1 aromatic heterocycles. The minimum Gasteiger partial charge on any atom is -0.406 e. The number of benzene rings is 1. The molecule has 4 nitrogen and oxygen atoms in total. The van der Waals surface area contributed by atoms with Gasteiger partial charge in [0.15, 0.2) is 0 Å². The molecule has 0 amide bonds. The summed E-state index contributed by atoms with van der Waals surface area (Å²) in [5, 5.41) is -0.323. The Kier molecular flexibility index (Phi) is 4.90. The Labute approximate surface area is 128 Å². The van der Waals surface area contributed by atoms with E-state index in [4.69, 9.17) is 0 Å². The van der Waals surface area contributed by atoms with Crippen LogP contribution in [0.15, 0.2) is 36.7 Å². The average molecular weight is 332 g/mol. The van der Waals surface area contributed by atoms with E-state index in [9.17, 15) is 17.4 Å². The predicted octanol–water partition coefficient (Wildman–Crippen LogP) is 3.33. The standard InChI is InChI=1S/C14H15F3N2O2S/c1-10(22(20)9-13-18-7-8-19(13)2)11-3-5-12(6-4-11)21-14(15,16)17/h3-8,10H,9H2,1-2H3/t10-,22-/m1/s1. The second-order valence-corrected chi connectivity index (χ2v) is 6.50. The van der Waals surface area contributed by atoms with Crippen LogP contribution in [-0.4, -0.2) is 20.1 Å². The van der Waals surface area contributed by atoms with E-state index in [1.165, 1.54) is 24.3 Å². The van der Waals surface area contributed by atoms with Crippen LogP contribution in [0.4, 0.5) is 13.2 Å². The fourth-order valence-electron chi connectivity index (χ4n) is 1.88. The molecule has 1 heterocycles. The van der Waals surface area contributed by atoms with E-state index in [0.29, 0.717) is 11.4 Å². The number of hydrogen-bond acceptors (Lipinski definition) is 3. The van der Waals surface area contributed by atoms with Gasteiger partial charge in [0.2, 0.25) is 0 Å². The van der Waals surface area contributed by atoms with E-state index in [1.54, 1.807) is 23.9 Å². The molecule has 0 saturated heterocycles. The molecular weight excluding hydrogens is 317 g/mol. The van der Waals surface area contributed by atoms with Gasteiger partial charge in [0.1, 0.15) is 11.6 Å². The van der Waals surface area contributed by atoms with E-state index in [2.05, 4.69) is 9.72 Å². The number of nitrogens with zero attached hydrogens (tertiary/aromatic N) is 2. The molecule has 0 unspecified atom stereocenters. The van der Waals surface area contributed by atoms with Gasteiger partial charge in [-0.2, -0.15) is 0 Å². The Bertz CT molecular complexity index is 653. The minimum atomic E-state index is -4.71. The molecule has 1 aromatic carbocycles. The summed E-state index contributed by atoms with van der Waals surface area (Å²) < 4.78 is 54.2. The molecular formula is C14H15F3N2O2S. The molecule has 0 radical (unpaired) electrons. The van der Waals surface area contributed by atoms with Crippen molar-refractivity contribution < 1.29 is 22.1 Å². The van der Waals surface area contributed by atoms with Crippen LogP contribution in [0.2, 0.25) is 0 Å². The number of ether oxygens (including phenoxy) is 1. The van der Waals surface area contributed by atoms with E-state index < -0.39 is 17.2 Å². The molecule has 0 N–H and O–H groups in total. The van der Waals surface area contributed by atoms with Crippen LogP contribution in [0.25, 0.3) is 0 Å². The molecule has 8 heteroatoms. The Morgan fingerprint density at radius 2 is 1.95 bits per heavy atom. The van der Waals surface area contributed by atoms with Gasteiger partial charge in [-0.25, -0.2) is 4.98 Å². The average Bonchev–Trinajstić information content (AvgIpc) is 2.82. The normalized spacial score (nSPS) is 14.6. The molecule has 0 spiro atoms. The molecule has 120 valence electrons. The molecule has 2 rings (SSSR count). The highest BCUT2D eigenvalue weighted by molar-refractivity contribution is 7.84. The van der Waals surface area contributed by atoms with Gasteiger partial charge in [-0.1, -0.05) is 12.1 Å². The van der Waals surface area contributed by atoms with Crippen molar-refractivity contribution in [3.05, 3.63) is 48.0 Å². The minimum absolute atomic E-state index is 0.283. The first-order valence-electron chi connectivity index (χ1n) is 6.45. The van der Waals surface area contributed by atoms with Crippen molar-refractivity contribution in [3.63, 3.8) is 0 Å². The highest BCUT2D eigenvalue weighted by Crippen LogP contribution is 2.27. The van der Waals surface area contributed by atoms with Crippen LogP contribution in [0, 0.1) is 0 Å². The van der Waals surface area contributed by atoms with Crippen molar-refractivity contribution in [2.24, 2.45) is 7.05 Å². The molecule has 0 saturated carbocycles. The maximum absolute atomic E-state index is 12.3. The summed E-state index contributed by atoms with van der Waals surface area (Å²) in [7, 11) is 0.586. The fraction of sp³-hybridized carbons (Fsp3) is 0.357. The van der Waals surface area contributed by atoms with Crippen LogP contribution in [0.3, 0.4) is 0 Å². The molecule has 2 aromatic rings. The smallest absolute Gasteiger partial charge is 0.406 e. The topological polar surface area (TPSA) is 44.1 Å². The Morgan fingerprint density at radius 3 is 2.45 bits per heavy atom. The second-order valence-electron chi connectivity index (χ2n) is 4.74. The maximum Gasteiger partial charge on any atom is 0.573 e. The first kappa shape index (κ1) is 16.5. The highest BCUT2D eigenvalue weighted by atomic mass is 32.2. The lowest BCUT2D eigenvalue weighted by Crippen LogP contribution is -2.17. The van der Waals surface area contributed by atoms with E-state index in [-0.39, 0.29) is 16.8 Å². The third-order valence-electron chi connectivity index (χ3n) is 3.17. The van der Waals surface area contributed by atoms with Gasteiger partial charge in [-0.3, -0.25) is 4.21 Å². The first-order chi connectivity index (χ1) is 10.3. The number of aromatic nitrogens is 2. The SMILES string of the molecule is C[C@H](c1ccc(OC(F)(F)F)cc1)[S@](=O)Cc1nccn1C. The van der Waals surface area contributed by atoms with Crippen molar-refractivity contribution in [2.45, 2.75) is 24.3 Å². The van der Waals surface area contributed by atoms with Crippen LogP contribution >= 0.6 is 0 Å². The number of imidazole rings is 1. The van der Waals surface area contributed by atoms with Crippen molar-refractivity contribution in [1.82, 2.24) is 9.55 Å². The quantitative estimate of drug-likeness (QED) is 0.843. The van der Waals surface area contributed by atoms with E-state index in [0.717, 1.165) is 0 Å². The summed E-state index contributed by atoms with van der Waals surface area (Å²) in [6, 6.07) is 5.42. The summed E-state index contributed by atoms with van der Waals surface area (Å²) in [5.74, 6) is 0.686. The lowest BCUT2D eigenvalue weighted by atomic mass is 10.2. The Hall–Kier alpha value is -1.83. The van der Waals surface area contributed by atoms with Crippen molar-refractivity contribution >= 4 is 10.8 Å². The number of alkyl halides is 3. The monoisotopic (exact) mass is 332 g/mol. The largest absolute Gasteiger partial charge is 0.573 e. The molecule has 0 fully saturated rings. The summed E-state index contributed by atoms with van der Waals surface area (Å²) in [6.45, 7) is 1.76. The van der Waals surface area contributed by atoms with Crippen LogP contribution < -0.4 is 4.74 Å². The summed E-state index contributed by atoms with van der Waals surface area (Å²) in [4.78, 5) is 4.11. The van der Waals surface area contributed by atoms with Crippen LogP contribution in [0.5, 0.6) is 5.75 Å². The Morgan fingerprint density at radius 1 is 1.32 bits per heavy atom. The third-order valence-corrected chi connectivity index (χ3v) is 4.77. The van der Waals surface area contributed by atoms with E-state index >= 15 is 0 Å². The zero-order valence-electron chi connectivity index (χ0n) is 12.0. The highest BCUT2D eigenvalue weighted by Gasteiger charge is 2.31. The van der Waals surface area contributed by atoms with Crippen molar-refractivity contribution in [1.29, 1.82) is 0 Å². The second kappa shape index (κ2) is 6.51. The molecule has 2 atom stereocenters. The number of hydrogen-bond donors (Lipinski definition) is 0. The lowest BCUT2D eigenvalue weighted by molar-refractivity contribution is -0.274. The van der Waals surface area contributed by atoms with Crippen LogP contribution in [-0.2, 0) is 23.6 Å². The van der Waals surface area contributed by atoms with Gasteiger partial charge in [-0.05, 0) is 24.6 Å². The van der Waals surface area contributed by atoms with Gasteiger partial charge >= 0.3 is 6.36 Å². The third kappa shape index (κ3) is 4.33. The van der Waals surface area contributed by atoms with Crippen molar-refractivity contribution in [3.8, 4) is 5.75 Å². The van der Waals surface area contributed by atoms with Gasteiger partial charge in [0.05, 0.1) is 11.0 Å². The van der Waals surface area contributed by atoms with E-state index in [1.807, 2.05) is 7.05 Å². The molecule has 0 bridgehead atoms. The molecule has 0 aliphatic heterocycles. The maximum atomic E-state index is 12.3.